The summed E-state index contributed by atoms with van der Waals surface area (Å²) >= 11 is 0. The van der Waals surface area contributed by atoms with E-state index in [4.69, 9.17) is 4.84 Å². The van der Waals surface area contributed by atoms with Crippen LogP contribution in [-0.2, 0) is 11.4 Å². The maximum atomic E-state index is 9.25. The summed E-state index contributed by atoms with van der Waals surface area (Å²) in [5.41, 5.74) is 1.87. The zero-order chi connectivity index (χ0) is 11.9. The predicted molar refractivity (Wildman–Crippen MR) is 66.9 cm³/mol. The molecule has 0 saturated carbocycles. The van der Waals surface area contributed by atoms with Crippen LogP contribution in [0, 0.1) is 0 Å². The molecule has 2 rings (SSSR count). The number of phenols is 1. The normalized spacial score (nSPS) is 10.6. The van der Waals surface area contributed by atoms with Gasteiger partial charge in [0.25, 0.3) is 0 Å². The zero-order valence-corrected chi connectivity index (χ0v) is 9.28. The third-order valence-corrected chi connectivity index (χ3v) is 2.22. The van der Waals surface area contributed by atoms with Gasteiger partial charge in [-0.05, 0) is 23.3 Å². The third-order valence-electron chi connectivity index (χ3n) is 2.22. The lowest BCUT2D eigenvalue weighted by Gasteiger charge is -1.99. The van der Waals surface area contributed by atoms with Crippen molar-refractivity contribution < 1.29 is 9.94 Å². The average molecular weight is 227 g/mol. The molecule has 0 saturated heterocycles. The second-order valence-electron chi connectivity index (χ2n) is 3.59. The molecule has 0 atom stereocenters. The van der Waals surface area contributed by atoms with Gasteiger partial charge in [0.2, 0.25) is 0 Å². The third kappa shape index (κ3) is 3.65. The SMILES string of the molecule is Oc1cccc(/C=N/OCc2ccccc2)c1. The lowest BCUT2D eigenvalue weighted by Crippen LogP contribution is -1.87. The van der Waals surface area contributed by atoms with Crippen LogP contribution in [0.15, 0.2) is 59.8 Å². The smallest absolute Gasteiger partial charge is 0.142 e. The van der Waals surface area contributed by atoms with Crippen LogP contribution in [0.25, 0.3) is 0 Å². The molecule has 0 aliphatic carbocycles. The summed E-state index contributed by atoms with van der Waals surface area (Å²) in [5.74, 6) is 0.219. The Morgan fingerprint density at radius 1 is 1.06 bits per heavy atom. The van der Waals surface area contributed by atoms with E-state index in [1.807, 2.05) is 36.4 Å². The molecule has 17 heavy (non-hydrogen) atoms. The molecular weight excluding hydrogens is 214 g/mol. The molecule has 2 aromatic carbocycles. The molecule has 0 radical (unpaired) electrons. The number of oxime groups is 1. The van der Waals surface area contributed by atoms with E-state index < -0.39 is 0 Å². The van der Waals surface area contributed by atoms with Crippen LogP contribution in [0.2, 0.25) is 0 Å². The van der Waals surface area contributed by atoms with Crippen molar-refractivity contribution in [3.05, 3.63) is 65.7 Å². The molecule has 0 aromatic heterocycles. The van der Waals surface area contributed by atoms with Crippen molar-refractivity contribution in [2.45, 2.75) is 6.61 Å². The van der Waals surface area contributed by atoms with Crippen molar-refractivity contribution in [1.82, 2.24) is 0 Å². The van der Waals surface area contributed by atoms with Gasteiger partial charge in [0.15, 0.2) is 0 Å². The Kier molecular flexibility index (Phi) is 3.76. The Morgan fingerprint density at radius 3 is 2.65 bits per heavy atom. The molecule has 0 heterocycles. The largest absolute Gasteiger partial charge is 0.508 e. The quantitative estimate of drug-likeness (QED) is 0.644. The number of nitrogens with zero attached hydrogens (tertiary/aromatic N) is 1. The minimum atomic E-state index is 0.219. The van der Waals surface area contributed by atoms with E-state index in [-0.39, 0.29) is 5.75 Å². The standard InChI is InChI=1S/C14H13NO2/c16-14-8-4-7-13(9-14)10-15-17-11-12-5-2-1-3-6-12/h1-10,16H,11H2/b15-10+. The summed E-state index contributed by atoms with van der Waals surface area (Å²) in [6.45, 7) is 0.441. The first-order valence-corrected chi connectivity index (χ1v) is 5.33. The van der Waals surface area contributed by atoms with Gasteiger partial charge in [-0.25, -0.2) is 0 Å². The Bertz CT molecular complexity index is 495. The van der Waals surface area contributed by atoms with E-state index in [1.54, 1.807) is 24.4 Å². The molecule has 0 aliphatic rings. The fourth-order valence-electron chi connectivity index (χ4n) is 1.39. The van der Waals surface area contributed by atoms with Gasteiger partial charge in [-0.2, -0.15) is 0 Å². The van der Waals surface area contributed by atoms with Crippen LogP contribution >= 0.6 is 0 Å². The first-order valence-electron chi connectivity index (χ1n) is 5.33. The Morgan fingerprint density at radius 2 is 1.88 bits per heavy atom. The van der Waals surface area contributed by atoms with Crippen LogP contribution in [0.3, 0.4) is 0 Å². The highest BCUT2D eigenvalue weighted by Crippen LogP contribution is 2.09. The van der Waals surface area contributed by atoms with Gasteiger partial charge in [0.05, 0.1) is 6.21 Å². The summed E-state index contributed by atoms with van der Waals surface area (Å²) in [5, 5.41) is 13.1. The highest BCUT2D eigenvalue weighted by molar-refractivity contribution is 5.79. The van der Waals surface area contributed by atoms with Gasteiger partial charge >= 0.3 is 0 Å². The average Bonchev–Trinajstić information content (AvgIpc) is 2.36. The summed E-state index contributed by atoms with van der Waals surface area (Å²) in [7, 11) is 0. The molecule has 0 amide bonds. The van der Waals surface area contributed by atoms with Crippen molar-refractivity contribution in [2.75, 3.05) is 0 Å². The molecular formula is C14H13NO2. The van der Waals surface area contributed by atoms with Crippen molar-refractivity contribution in [1.29, 1.82) is 0 Å². The van der Waals surface area contributed by atoms with Gasteiger partial charge in [-0.1, -0.05) is 47.6 Å². The summed E-state index contributed by atoms with van der Waals surface area (Å²) in [4.78, 5) is 5.15. The molecule has 86 valence electrons. The molecule has 1 N–H and O–H groups in total. The van der Waals surface area contributed by atoms with Gasteiger partial charge in [-0.15, -0.1) is 0 Å². The van der Waals surface area contributed by atoms with Gasteiger partial charge < -0.3 is 9.94 Å². The number of hydrogen-bond donors (Lipinski definition) is 1. The molecule has 3 nitrogen and oxygen atoms in total. The Labute approximate surface area is 100.0 Å². The highest BCUT2D eigenvalue weighted by Gasteiger charge is 1.91. The second kappa shape index (κ2) is 5.70. The fraction of sp³-hybridized carbons (Fsp3) is 0.0714. The lowest BCUT2D eigenvalue weighted by molar-refractivity contribution is 0.132. The Hall–Kier alpha value is -2.29. The van der Waals surface area contributed by atoms with E-state index in [0.717, 1.165) is 11.1 Å². The second-order valence-corrected chi connectivity index (χ2v) is 3.59. The molecule has 0 fully saturated rings. The molecule has 2 aromatic rings. The molecule has 0 unspecified atom stereocenters. The number of hydrogen-bond acceptors (Lipinski definition) is 3. The molecule has 0 spiro atoms. The van der Waals surface area contributed by atoms with Crippen LogP contribution in [0.1, 0.15) is 11.1 Å². The minimum Gasteiger partial charge on any atom is -0.508 e. The lowest BCUT2D eigenvalue weighted by atomic mass is 10.2. The summed E-state index contributed by atoms with van der Waals surface area (Å²) < 4.78 is 0. The van der Waals surface area contributed by atoms with E-state index >= 15 is 0 Å². The van der Waals surface area contributed by atoms with Crippen molar-refractivity contribution >= 4 is 6.21 Å². The monoisotopic (exact) mass is 227 g/mol. The number of rotatable bonds is 4. The minimum absolute atomic E-state index is 0.219. The van der Waals surface area contributed by atoms with Gasteiger partial charge in [-0.3, -0.25) is 0 Å². The van der Waals surface area contributed by atoms with Crippen LogP contribution in [-0.4, -0.2) is 11.3 Å². The molecule has 3 heteroatoms. The van der Waals surface area contributed by atoms with Crippen LogP contribution in [0.4, 0.5) is 0 Å². The van der Waals surface area contributed by atoms with E-state index in [1.165, 1.54) is 0 Å². The summed E-state index contributed by atoms with van der Waals surface area (Å²) in [6, 6.07) is 16.7. The maximum absolute atomic E-state index is 9.25. The first kappa shape index (κ1) is 11.2. The number of aromatic hydroxyl groups is 1. The van der Waals surface area contributed by atoms with Crippen molar-refractivity contribution in [2.24, 2.45) is 5.16 Å². The first-order chi connectivity index (χ1) is 8.34. The highest BCUT2D eigenvalue weighted by atomic mass is 16.6. The Balaban J connectivity index is 1.86. The maximum Gasteiger partial charge on any atom is 0.142 e. The topological polar surface area (TPSA) is 41.8 Å². The molecule has 0 bridgehead atoms. The van der Waals surface area contributed by atoms with Gasteiger partial charge in [0, 0.05) is 0 Å². The number of phenolic OH excluding ortho intramolecular Hbond substituents is 1. The van der Waals surface area contributed by atoms with Crippen molar-refractivity contribution in [3.63, 3.8) is 0 Å². The fourth-order valence-corrected chi connectivity index (χ4v) is 1.39. The van der Waals surface area contributed by atoms with E-state index in [2.05, 4.69) is 5.16 Å². The predicted octanol–water partition coefficient (Wildman–Crippen LogP) is 2.94. The summed E-state index contributed by atoms with van der Waals surface area (Å²) in [6.07, 6.45) is 1.57. The van der Waals surface area contributed by atoms with E-state index in [9.17, 15) is 5.11 Å². The number of benzene rings is 2. The zero-order valence-electron chi connectivity index (χ0n) is 9.28. The van der Waals surface area contributed by atoms with Crippen LogP contribution in [0.5, 0.6) is 5.75 Å². The van der Waals surface area contributed by atoms with E-state index in [0.29, 0.717) is 6.61 Å². The molecule has 0 aliphatic heterocycles. The van der Waals surface area contributed by atoms with Crippen LogP contribution < -0.4 is 0 Å². The van der Waals surface area contributed by atoms with Crippen molar-refractivity contribution in [3.8, 4) is 5.75 Å². The van der Waals surface area contributed by atoms with Gasteiger partial charge in [0.1, 0.15) is 12.4 Å².